The number of H-pyrrole nitrogens is 1. The maximum Gasteiger partial charge on any atom is 0.179 e. The molecule has 1 N–H and O–H groups in total. The highest BCUT2D eigenvalue weighted by Crippen LogP contribution is 2.25. The highest BCUT2D eigenvalue weighted by atomic mass is 35.5. The van der Waals surface area contributed by atoms with Gasteiger partial charge < -0.3 is 9.55 Å². The van der Waals surface area contributed by atoms with Crippen molar-refractivity contribution >= 4 is 35.0 Å². The van der Waals surface area contributed by atoms with Crippen molar-refractivity contribution in [2.45, 2.75) is 34.2 Å². The van der Waals surface area contributed by atoms with Gasteiger partial charge in [0.1, 0.15) is 0 Å². The Labute approximate surface area is 124 Å². The number of rotatable bonds is 4. The SMILES string of the molecule is CC(C)C(Cn1c(=S)[nH]c2cc(Cl)cnc21)C(C)C. The van der Waals surface area contributed by atoms with E-state index in [0.717, 1.165) is 22.5 Å². The van der Waals surface area contributed by atoms with E-state index >= 15 is 0 Å². The Morgan fingerprint density at radius 2 is 1.95 bits per heavy atom. The summed E-state index contributed by atoms with van der Waals surface area (Å²) in [5, 5.41) is 0.625. The molecule has 5 heteroatoms. The molecule has 0 aromatic carbocycles. The van der Waals surface area contributed by atoms with Crippen molar-refractivity contribution in [1.29, 1.82) is 0 Å². The average molecular weight is 298 g/mol. The zero-order valence-electron chi connectivity index (χ0n) is 11.8. The molecule has 0 amide bonds. The van der Waals surface area contributed by atoms with Crippen LogP contribution in [-0.4, -0.2) is 14.5 Å². The molecule has 0 saturated carbocycles. The molecule has 19 heavy (non-hydrogen) atoms. The summed E-state index contributed by atoms with van der Waals surface area (Å²) in [6.07, 6.45) is 1.67. The number of nitrogens with one attached hydrogen (secondary N) is 1. The van der Waals surface area contributed by atoms with Gasteiger partial charge in [-0.15, -0.1) is 0 Å². The molecular weight excluding hydrogens is 278 g/mol. The summed E-state index contributed by atoms with van der Waals surface area (Å²) < 4.78 is 2.81. The van der Waals surface area contributed by atoms with Gasteiger partial charge in [0.25, 0.3) is 0 Å². The van der Waals surface area contributed by atoms with Crippen LogP contribution in [0.5, 0.6) is 0 Å². The zero-order valence-corrected chi connectivity index (χ0v) is 13.3. The van der Waals surface area contributed by atoms with Crippen LogP contribution in [0.2, 0.25) is 5.02 Å². The zero-order chi connectivity index (χ0) is 14.2. The number of aromatic amines is 1. The van der Waals surface area contributed by atoms with Gasteiger partial charge >= 0.3 is 0 Å². The van der Waals surface area contributed by atoms with Crippen LogP contribution in [0.15, 0.2) is 12.3 Å². The molecule has 0 aliphatic carbocycles. The van der Waals surface area contributed by atoms with Gasteiger partial charge in [-0.05, 0) is 36.0 Å². The molecule has 2 aromatic heterocycles. The lowest BCUT2D eigenvalue weighted by Gasteiger charge is -2.25. The number of fused-ring (bicyclic) bond motifs is 1. The third-order valence-corrected chi connectivity index (χ3v) is 4.21. The van der Waals surface area contributed by atoms with E-state index in [1.54, 1.807) is 6.20 Å². The van der Waals surface area contributed by atoms with Crippen LogP contribution in [-0.2, 0) is 6.54 Å². The second-order valence-electron chi connectivity index (χ2n) is 5.72. The predicted molar refractivity (Wildman–Crippen MR) is 83.1 cm³/mol. The fraction of sp³-hybridized carbons (Fsp3) is 0.571. The van der Waals surface area contributed by atoms with Crippen molar-refractivity contribution in [3.8, 4) is 0 Å². The summed E-state index contributed by atoms with van der Waals surface area (Å²) in [4.78, 5) is 7.59. The largest absolute Gasteiger partial charge is 0.329 e. The van der Waals surface area contributed by atoms with E-state index in [2.05, 4.69) is 42.2 Å². The second kappa shape index (κ2) is 5.63. The van der Waals surface area contributed by atoms with E-state index in [1.807, 2.05) is 6.07 Å². The molecule has 2 aromatic rings. The molecule has 0 saturated heterocycles. The first-order chi connectivity index (χ1) is 8.90. The monoisotopic (exact) mass is 297 g/mol. The molecule has 2 heterocycles. The van der Waals surface area contributed by atoms with Gasteiger partial charge in [-0.2, -0.15) is 0 Å². The molecule has 0 spiro atoms. The Morgan fingerprint density at radius 3 is 2.53 bits per heavy atom. The normalized spacial score (nSPS) is 12.2. The van der Waals surface area contributed by atoms with E-state index in [4.69, 9.17) is 23.8 Å². The lowest BCUT2D eigenvalue weighted by atomic mass is 9.85. The van der Waals surface area contributed by atoms with Crippen LogP contribution in [0.4, 0.5) is 0 Å². The molecule has 0 aliphatic rings. The lowest BCUT2D eigenvalue weighted by Crippen LogP contribution is -2.22. The Bertz CT molecular complexity index is 619. The number of nitrogens with zero attached hydrogens (tertiary/aromatic N) is 2. The van der Waals surface area contributed by atoms with Crippen molar-refractivity contribution in [2.75, 3.05) is 0 Å². The fourth-order valence-electron chi connectivity index (χ4n) is 2.59. The average Bonchev–Trinajstić information content (AvgIpc) is 2.60. The molecular formula is C14H20ClN3S. The summed E-state index contributed by atoms with van der Waals surface area (Å²) in [5.41, 5.74) is 1.80. The summed E-state index contributed by atoms with van der Waals surface area (Å²) in [6, 6.07) is 1.87. The van der Waals surface area contributed by atoms with Crippen molar-refractivity contribution in [3.63, 3.8) is 0 Å². The van der Waals surface area contributed by atoms with Gasteiger partial charge in [-0.1, -0.05) is 39.3 Å². The Balaban J connectivity index is 2.45. The molecule has 104 valence electrons. The lowest BCUT2D eigenvalue weighted by molar-refractivity contribution is 0.253. The molecule has 0 fully saturated rings. The molecule has 0 atom stereocenters. The van der Waals surface area contributed by atoms with Crippen molar-refractivity contribution in [1.82, 2.24) is 14.5 Å². The minimum atomic E-state index is 0.572. The van der Waals surface area contributed by atoms with Gasteiger partial charge in [0.15, 0.2) is 10.4 Å². The number of pyridine rings is 1. The first kappa shape index (κ1) is 14.5. The molecule has 0 aliphatic heterocycles. The Hall–Kier alpha value is -0.870. The Kier molecular flexibility index (Phi) is 4.31. The van der Waals surface area contributed by atoms with Crippen LogP contribution < -0.4 is 0 Å². The predicted octanol–water partition coefficient (Wildman–Crippen LogP) is 4.68. The summed E-state index contributed by atoms with van der Waals surface area (Å²) >= 11 is 11.4. The van der Waals surface area contributed by atoms with E-state index in [9.17, 15) is 0 Å². The molecule has 0 bridgehead atoms. The highest BCUT2D eigenvalue weighted by Gasteiger charge is 2.20. The van der Waals surface area contributed by atoms with Gasteiger partial charge in [-0.3, -0.25) is 0 Å². The van der Waals surface area contributed by atoms with Crippen molar-refractivity contribution < 1.29 is 0 Å². The van der Waals surface area contributed by atoms with Crippen LogP contribution in [0.3, 0.4) is 0 Å². The standard InChI is InChI=1S/C14H20ClN3S/c1-8(2)11(9(3)4)7-18-13-12(17-14(18)19)5-10(15)6-16-13/h5-6,8-9,11H,7H2,1-4H3,(H,17,19). The number of aromatic nitrogens is 3. The minimum Gasteiger partial charge on any atom is -0.329 e. The molecule has 0 unspecified atom stereocenters. The minimum absolute atomic E-state index is 0.572. The Morgan fingerprint density at radius 1 is 1.32 bits per heavy atom. The first-order valence-electron chi connectivity index (χ1n) is 6.64. The topological polar surface area (TPSA) is 33.6 Å². The summed E-state index contributed by atoms with van der Waals surface area (Å²) in [6.45, 7) is 9.92. The number of hydrogen-bond donors (Lipinski definition) is 1. The third-order valence-electron chi connectivity index (χ3n) is 3.68. The maximum absolute atomic E-state index is 5.96. The second-order valence-corrected chi connectivity index (χ2v) is 6.54. The van der Waals surface area contributed by atoms with E-state index in [1.165, 1.54) is 0 Å². The van der Waals surface area contributed by atoms with Gasteiger partial charge in [-0.25, -0.2) is 4.98 Å². The fourth-order valence-corrected chi connectivity index (χ4v) is 3.02. The molecule has 0 radical (unpaired) electrons. The van der Waals surface area contributed by atoms with Gasteiger partial charge in [0.05, 0.1) is 10.5 Å². The summed E-state index contributed by atoms with van der Waals surface area (Å²) in [7, 11) is 0. The molecule has 3 nitrogen and oxygen atoms in total. The number of hydrogen-bond acceptors (Lipinski definition) is 2. The number of imidazole rings is 1. The van der Waals surface area contributed by atoms with Gasteiger partial charge in [0.2, 0.25) is 0 Å². The summed E-state index contributed by atoms with van der Waals surface area (Å²) in [5.74, 6) is 1.79. The van der Waals surface area contributed by atoms with E-state index in [0.29, 0.717) is 22.8 Å². The van der Waals surface area contributed by atoms with Crippen LogP contribution in [0, 0.1) is 22.5 Å². The first-order valence-corrected chi connectivity index (χ1v) is 7.42. The van der Waals surface area contributed by atoms with Crippen LogP contribution in [0.1, 0.15) is 27.7 Å². The maximum atomic E-state index is 5.96. The van der Waals surface area contributed by atoms with Crippen molar-refractivity contribution in [2.24, 2.45) is 17.8 Å². The smallest absolute Gasteiger partial charge is 0.179 e. The van der Waals surface area contributed by atoms with Gasteiger partial charge in [0, 0.05) is 12.7 Å². The van der Waals surface area contributed by atoms with Crippen LogP contribution >= 0.6 is 23.8 Å². The van der Waals surface area contributed by atoms with E-state index in [-0.39, 0.29) is 0 Å². The van der Waals surface area contributed by atoms with Crippen LogP contribution in [0.25, 0.3) is 11.2 Å². The van der Waals surface area contributed by atoms with E-state index < -0.39 is 0 Å². The quantitative estimate of drug-likeness (QED) is 0.832. The highest BCUT2D eigenvalue weighted by molar-refractivity contribution is 7.71. The number of halogens is 1. The van der Waals surface area contributed by atoms with Crippen molar-refractivity contribution in [3.05, 3.63) is 22.1 Å². The third kappa shape index (κ3) is 3.00. The molecule has 2 rings (SSSR count).